The first kappa shape index (κ1) is 15.8. The Morgan fingerprint density at radius 1 is 1.04 bits per heavy atom. The molecule has 2 aromatic carbocycles. The first-order valence-electron chi connectivity index (χ1n) is 8.21. The molecule has 0 fully saturated rings. The Labute approximate surface area is 149 Å². The number of benzene rings is 2. The number of nitrogens with zero attached hydrogens (tertiary/aromatic N) is 2. The molecule has 128 valence electrons. The molecule has 4 aromatic rings. The molecule has 0 spiro atoms. The van der Waals surface area contributed by atoms with Crippen LogP contribution in [0.3, 0.4) is 0 Å². The highest BCUT2D eigenvalue weighted by atomic mass is 16.2. The van der Waals surface area contributed by atoms with Gasteiger partial charge in [0.15, 0.2) is 5.65 Å². The summed E-state index contributed by atoms with van der Waals surface area (Å²) in [5.74, 6) is -0.287. The van der Waals surface area contributed by atoms with Crippen LogP contribution in [0.4, 0.5) is 0 Å². The topological polar surface area (TPSA) is 79.3 Å². The monoisotopic (exact) mass is 344 g/mol. The molecule has 0 aliphatic heterocycles. The Morgan fingerprint density at radius 2 is 1.73 bits per heavy atom. The van der Waals surface area contributed by atoms with Crippen molar-refractivity contribution in [2.24, 2.45) is 0 Å². The molecule has 0 saturated carbocycles. The van der Waals surface area contributed by atoms with E-state index in [0.717, 1.165) is 11.1 Å². The predicted octanol–water partition coefficient (Wildman–Crippen LogP) is 2.62. The SMILES string of the molecule is O=C(NCc1ccccc1)c1c[nH]n2c(=O)cc(-c3ccccc3)nc12. The van der Waals surface area contributed by atoms with Gasteiger partial charge in [0, 0.05) is 24.4 Å². The Morgan fingerprint density at radius 3 is 2.46 bits per heavy atom. The molecule has 0 radical (unpaired) electrons. The average Bonchev–Trinajstić information content (AvgIpc) is 3.12. The summed E-state index contributed by atoms with van der Waals surface area (Å²) in [7, 11) is 0. The summed E-state index contributed by atoms with van der Waals surface area (Å²) in [6, 6.07) is 20.5. The van der Waals surface area contributed by atoms with Crippen LogP contribution in [0.5, 0.6) is 0 Å². The summed E-state index contributed by atoms with van der Waals surface area (Å²) in [4.78, 5) is 29.4. The molecule has 0 saturated heterocycles. The van der Waals surface area contributed by atoms with Crippen LogP contribution in [0.1, 0.15) is 15.9 Å². The van der Waals surface area contributed by atoms with Gasteiger partial charge in [0.2, 0.25) is 0 Å². The second-order valence-electron chi connectivity index (χ2n) is 5.86. The van der Waals surface area contributed by atoms with E-state index in [1.165, 1.54) is 16.8 Å². The fraction of sp³-hybridized carbons (Fsp3) is 0.0500. The summed E-state index contributed by atoms with van der Waals surface area (Å²) in [5, 5.41) is 5.65. The quantitative estimate of drug-likeness (QED) is 0.597. The van der Waals surface area contributed by atoms with E-state index in [2.05, 4.69) is 15.4 Å². The molecular weight excluding hydrogens is 328 g/mol. The van der Waals surface area contributed by atoms with Crippen LogP contribution in [-0.4, -0.2) is 20.5 Å². The van der Waals surface area contributed by atoms with E-state index >= 15 is 0 Å². The lowest BCUT2D eigenvalue weighted by molar-refractivity contribution is 0.0952. The predicted molar refractivity (Wildman–Crippen MR) is 98.9 cm³/mol. The van der Waals surface area contributed by atoms with Crippen molar-refractivity contribution < 1.29 is 4.79 Å². The lowest BCUT2D eigenvalue weighted by atomic mass is 10.1. The van der Waals surface area contributed by atoms with Gasteiger partial charge in [-0.3, -0.25) is 14.7 Å². The van der Waals surface area contributed by atoms with Crippen LogP contribution < -0.4 is 10.9 Å². The van der Waals surface area contributed by atoms with E-state index in [0.29, 0.717) is 23.4 Å². The number of carbonyl (C=O) groups is 1. The van der Waals surface area contributed by atoms with Crippen molar-refractivity contribution in [2.75, 3.05) is 0 Å². The molecular formula is C20H16N4O2. The summed E-state index contributed by atoms with van der Waals surface area (Å²) in [6.07, 6.45) is 1.50. The first-order valence-corrected chi connectivity index (χ1v) is 8.21. The molecule has 0 aliphatic rings. The first-order chi connectivity index (χ1) is 12.7. The minimum absolute atomic E-state index is 0.268. The van der Waals surface area contributed by atoms with Crippen molar-refractivity contribution in [1.82, 2.24) is 19.9 Å². The summed E-state index contributed by atoms with van der Waals surface area (Å²) in [5.41, 5.74) is 2.72. The van der Waals surface area contributed by atoms with Crippen LogP contribution in [-0.2, 0) is 6.54 Å². The molecule has 0 unspecified atom stereocenters. The third kappa shape index (κ3) is 3.00. The van der Waals surface area contributed by atoms with Gasteiger partial charge in [0.05, 0.1) is 5.69 Å². The minimum atomic E-state index is -0.287. The summed E-state index contributed by atoms with van der Waals surface area (Å²) in [6.45, 7) is 0.402. The van der Waals surface area contributed by atoms with Gasteiger partial charge in [-0.25, -0.2) is 9.50 Å². The highest BCUT2D eigenvalue weighted by Gasteiger charge is 2.16. The highest BCUT2D eigenvalue weighted by Crippen LogP contribution is 2.17. The third-order valence-corrected chi connectivity index (χ3v) is 4.11. The number of nitrogens with one attached hydrogen (secondary N) is 2. The Bertz CT molecular complexity index is 1110. The van der Waals surface area contributed by atoms with Crippen LogP contribution in [0.2, 0.25) is 0 Å². The van der Waals surface area contributed by atoms with E-state index < -0.39 is 0 Å². The van der Waals surface area contributed by atoms with Gasteiger partial charge in [0.25, 0.3) is 11.5 Å². The number of fused-ring (bicyclic) bond motifs is 1. The zero-order valence-corrected chi connectivity index (χ0v) is 13.8. The number of hydrogen-bond donors (Lipinski definition) is 2. The van der Waals surface area contributed by atoms with Crippen LogP contribution in [0.15, 0.2) is 77.7 Å². The van der Waals surface area contributed by atoms with E-state index in [-0.39, 0.29) is 11.5 Å². The number of rotatable bonds is 4. The normalized spacial score (nSPS) is 10.8. The van der Waals surface area contributed by atoms with Crippen molar-refractivity contribution in [3.63, 3.8) is 0 Å². The van der Waals surface area contributed by atoms with E-state index in [1.807, 2.05) is 60.7 Å². The smallest absolute Gasteiger partial charge is 0.273 e. The van der Waals surface area contributed by atoms with E-state index in [9.17, 15) is 9.59 Å². The van der Waals surface area contributed by atoms with Crippen molar-refractivity contribution in [3.05, 3.63) is 94.4 Å². The number of aromatic nitrogens is 3. The van der Waals surface area contributed by atoms with Crippen LogP contribution in [0.25, 0.3) is 16.9 Å². The molecule has 1 amide bonds. The molecule has 2 N–H and O–H groups in total. The molecule has 2 aromatic heterocycles. The molecule has 4 rings (SSSR count). The zero-order chi connectivity index (χ0) is 17.9. The lowest BCUT2D eigenvalue weighted by Gasteiger charge is -2.05. The zero-order valence-electron chi connectivity index (χ0n) is 13.8. The Balaban J connectivity index is 1.68. The van der Waals surface area contributed by atoms with Crippen molar-refractivity contribution in [1.29, 1.82) is 0 Å². The largest absolute Gasteiger partial charge is 0.348 e. The summed E-state index contributed by atoms with van der Waals surface area (Å²) >= 11 is 0. The Hall–Kier alpha value is -3.67. The number of amides is 1. The maximum absolute atomic E-state index is 12.6. The fourth-order valence-corrected chi connectivity index (χ4v) is 2.78. The van der Waals surface area contributed by atoms with Crippen molar-refractivity contribution in [2.45, 2.75) is 6.54 Å². The molecule has 0 aliphatic carbocycles. The summed E-state index contributed by atoms with van der Waals surface area (Å²) < 4.78 is 1.27. The Kier molecular flexibility index (Phi) is 4.07. The van der Waals surface area contributed by atoms with Gasteiger partial charge in [-0.2, -0.15) is 0 Å². The maximum Gasteiger partial charge on any atom is 0.273 e. The molecule has 6 nitrogen and oxygen atoms in total. The number of aromatic amines is 1. The van der Waals surface area contributed by atoms with E-state index in [1.54, 1.807) is 0 Å². The number of hydrogen-bond acceptors (Lipinski definition) is 3. The number of carbonyl (C=O) groups excluding carboxylic acids is 1. The van der Waals surface area contributed by atoms with Crippen LogP contribution >= 0.6 is 0 Å². The van der Waals surface area contributed by atoms with Crippen LogP contribution in [0, 0.1) is 0 Å². The standard InChI is InChI=1S/C20H16N4O2/c25-18-11-17(15-9-5-2-6-10-15)23-19-16(13-22-24(18)19)20(26)21-12-14-7-3-1-4-8-14/h1-11,13,22H,12H2,(H,21,26). The lowest BCUT2D eigenvalue weighted by Crippen LogP contribution is -2.23. The van der Waals surface area contributed by atoms with Gasteiger partial charge in [0.1, 0.15) is 5.56 Å². The molecule has 26 heavy (non-hydrogen) atoms. The van der Waals surface area contributed by atoms with Crippen molar-refractivity contribution >= 4 is 11.6 Å². The number of H-pyrrole nitrogens is 1. The minimum Gasteiger partial charge on any atom is -0.348 e. The molecule has 6 heteroatoms. The second kappa shape index (κ2) is 6.68. The van der Waals surface area contributed by atoms with Crippen molar-refractivity contribution in [3.8, 4) is 11.3 Å². The average molecular weight is 344 g/mol. The third-order valence-electron chi connectivity index (χ3n) is 4.11. The molecule has 0 atom stereocenters. The van der Waals surface area contributed by atoms with Gasteiger partial charge < -0.3 is 5.32 Å². The fourth-order valence-electron chi connectivity index (χ4n) is 2.78. The van der Waals surface area contributed by atoms with Gasteiger partial charge in [-0.1, -0.05) is 60.7 Å². The maximum atomic E-state index is 12.6. The molecule has 0 bridgehead atoms. The second-order valence-corrected chi connectivity index (χ2v) is 5.86. The highest BCUT2D eigenvalue weighted by molar-refractivity contribution is 5.99. The van der Waals surface area contributed by atoms with Gasteiger partial charge in [-0.05, 0) is 5.56 Å². The van der Waals surface area contributed by atoms with E-state index in [4.69, 9.17) is 0 Å². The van der Waals surface area contributed by atoms with Gasteiger partial charge in [-0.15, -0.1) is 0 Å². The molecule has 2 heterocycles. The van der Waals surface area contributed by atoms with Gasteiger partial charge >= 0.3 is 0 Å².